The van der Waals surface area contributed by atoms with E-state index in [2.05, 4.69) is 16.6 Å². The standard InChI is InChI=1S/C13H17FN2OS/c1-18-11-7-3-2-6-10(11)16-13(17)9-5-4-8-15-12(9)14/h4-5,8,10-11H,2-3,6-7H2,1H3,(H,16,17). The number of rotatable bonds is 3. The molecule has 1 fully saturated rings. The number of carbonyl (C=O) groups is 1. The minimum Gasteiger partial charge on any atom is -0.348 e. The van der Waals surface area contributed by atoms with Gasteiger partial charge in [0.05, 0.1) is 5.56 Å². The lowest BCUT2D eigenvalue weighted by Crippen LogP contribution is -2.44. The molecule has 1 saturated carbocycles. The number of hydrogen-bond donors (Lipinski definition) is 1. The number of nitrogens with zero attached hydrogens (tertiary/aromatic N) is 1. The van der Waals surface area contributed by atoms with Crippen molar-refractivity contribution in [2.24, 2.45) is 0 Å². The number of nitrogens with one attached hydrogen (secondary N) is 1. The van der Waals surface area contributed by atoms with E-state index in [0.29, 0.717) is 5.25 Å². The largest absolute Gasteiger partial charge is 0.348 e. The minimum atomic E-state index is -0.702. The van der Waals surface area contributed by atoms with Crippen molar-refractivity contribution in [3.05, 3.63) is 29.8 Å². The van der Waals surface area contributed by atoms with Crippen molar-refractivity contribution < 1.29 is 9.18 Å². The molecule has 5 heteroatoms. The van der Waals surface area contributed by atoms with Crippen LogP contribution in [-0.2, 0) is 0 Å². The zero-order valence-corrected chi connectivity index (χ0v) is 11.2. The highest BCUT2D eigenvalue weighted by molar-refractivity contribution is 7.99. The summed E-state index contributed by atoms with van der Waals surface area (Å²) in [5, 5.41) is 3.37. The molecule has 1 N–H and O–H groups in total. The minimum absolute atomic E-state index is 0.0305. The predicted molar refractivity (Wildman–Crippen MR) is 71.2 cm³/mol. The number of aromatic nitrogens is 1. The summed E-state index contributed by atoms with van der Waals surface area (Å²) >= 11 is 1.77. The molecule has 1 amide bonds. The molecule has 1 aliphatic rings. The Morgan fingerprint density at radius 2 is 2.28 bits per heavy atom. The summed E-state index contributed by atoms with van der Waals surface area (Å²) in [5.74, 6) is -1.06. The van der Waals surface area contributed by atoms with E-state index in [0.717, 1.165) is 19.3 Å². The second-order valence-corrected chi connectivity index (χ2v) is 5.56. The van der Waals surface area contributed by atoms with Gasteiger partial charge in [0, 0.05) is 17.5 Å². The fourth-order valence-corrected chi connectivity index (χ4v) is 3.28. The van der Waals surface area contributed by atoms with Gasteiger partial charge in [0.2, 0.25) is 5.95 Å². The van der Waals surface area contributed by atoms with Crippen molar-refractivity contribution in [2.45, 2.75) is 37.0 Å². The fraction of sp³-hybridized carbons (Fsp3) is 0.538. The maximum atomic E-state index is 13.4. The molecular formula is C13H17FN2OS. The molecule has 2 unspecified atom stereocenters. The Hall–Kier alpha value is -1.10. The summed E-state index contributed by atoms with van der Waals surface area (Å²) in [4.78, 5) is 15.5. The summed E-state index contributed by atoms with van der Waals surface area (Å²) in [6.07, 6.45) is 7.81. The van der Waals surface area contributed by atoms with Crippen molar-refractivity contribution in [1.29, 1.82) is 0 Å². The lowest BCUT2D eigenvalue weighted by atomic mass is 9.94. The summed E-state index contributed by atoms with van der Waals surface area (Å²) in [6.45, 7) is 0. The van der Waals surface area contributed by atoms with Gasteiger partial charge in [0.25, 0.3) is 5.91 Å². The zero-order valence-electron chi connectivity index (χ0n) is 10.4. The van der Waals surface area contributed by atoms with E-state index >= 15 is 0 Å². The van der Waals surface area contributed by atoms with Crippen LogP contribution in [0.4, 0.5) is 4.39 Å². The number of thioether (sulfide) groups is 1. The Kier molecular flexibility index (Phi) is 4.58. The molecule has 0 saturated heterocycles. The molecule has 2 rings (SSSR count). The van der Waals surface area contributed by atoms with Gasteiger partial charge in [0.15, 0.2) is 0 Å². The maximum Gasteiger partial charge on any atom is 0.256 e. The lowest BCUT2D eigenvalue weighted by Gasteiger charge is -2.30. The molecule has 1 aromatic rings. The van der Waals surface area contributed by atoms with Crippen LogP contribution in [0.25, 0.3) is 0 Å². The molecule has 0 bridgehead atoms. The van der Waals surface area contributed by atoms with Gasteiger partial charge < -0.3 is 5.32 Å². The van der Waals surface area contributed by atoms with Gasteiger partial charge in [0.1, 0.15) is 0 Å². The first-order valence-corrected chi connectivity index (χ1v) is 7.45. The van der Waals surface area contributed by atoms with Crippen molar-refractivity contribution >= 4 is 17.7 Å². The predicted octanol–water partition coefficient (Wildman–Crippen LogP) is 2.62. The van der Waals surface area contributed by atoms with E-state index in [4.69, 9.17) is 0 Å². The van der Waals surface area contributed by atoms with Gasteiger partial charge in [-0.1, -0.05) is 12.8 Å². The second-order valence-electron chi connectivity index (χ2n) is 4.48. The highest BCUT2D eigenvalue weighted by Crippen LogP contribution is 2.27. The molecule has 1 heterocycles. The molecule has 3 nitrogen and oxygen atoms in total. The number of pyridine rings is 1. The molecule has 0 spiro atoms. The van der Waals surface area contributed by atoms with Crippen LogP contribution in [-0.4, -0.2) is 28.4 Å². The topological polar surface area (TPSA) is 42.0 Å². The Morgan fingerprint density at radius 1 is 1.50 bits per heavy atom. The van der Waals surface area contributed by atoms with Crippen LogP contribution < -0.4 is 5.32 Å². The SMILES string of the molecule is CSC1CCCCC1NC(=O)c1cccnc1F. The van der Waals surface area contributed by atoms with E-state index in [9.17, 15) is 9.18 Å². The molecular weight excluding hydrogens is 251 g/mol. The molecule has 1 aliphatic carbocycles. The first-order valence-electron chi connectivity index (χ1n) is 6.16. The van der Waals surface area contributed by atoms with Crippen LogP contribution >= 0.6 is 11.8 Å². The molecule has 0 radical (unpaired) electrons. The van der Waals surface area contributed by atoms with E-state index in [1.54, 1.807) is 17.8 Å². The fourth-order valence-electron chi connectivity index (χ4n) is 2.35. The van der Waals surface area contributed by atoms with Gasteiger partial charge >= 0.3 is 0 Å². The Morgan fingerprint density at radius 3 is 3.00 bits per heavy atom. The quantitative estimate of drug-likeness (QED) is 0.857. The second kappa shape index (κ2) is 6.18. The average Bonchev–Trinajstić information content (AvgIpc) is 2.39. The molecule has 0 aromatic carbocycles. The van der Waals surface area contributed by atoms with Crippen molar-refractivity contribution in [3.63, 3.8) is 0 Å². The number of halogens is 1. The van der Waals surface area contributed by atoms with E-state index in [-0.39, 0.29) is 17.5 Å². The van der Waals surface area contributed by atoms with Gasteiger partial charge in [-0.05, 0) is 31.2 Å². The Labute approximate surface area is 111 Å². The Balaban J connectivity index is 2.04. The van der Waals surface area contributed by atoms with Crippen LogP contribution in [0.15, 0.2) is 18.3 Å². The third kappa shape index (κ3) is 3.02. The van der Waals surface area contributed by atoms with Crippen molar-refractivity contribution in [3.8, 4) is 0 Å². The number of hydrogen-bond acceptors (Lipinski definition) is 3. The van der Waals surface area contributed by atoms with Gasteiger partial charge in [-0.3, -0.25) is 4.79 Å². The highest BCUT2D eigenvalue weighted by atomic mass is 32.2. The van der Waals surface area contributed by atoms with Crippen molar-refractivity contribution in [2.75, 3.05) is 6.26 Å². The Bertz CT molecular complexity index is 427. The van der Waals surface area contributed by atoms with Crippen LogP contribution in [0.3, 0.4) is 0 Å². The highest BCUT2D eigenvalue weighted by Gasteiger charge is 2.26. The average molecular weight is 268 g/mol. The summed E-state index contributed by atoms with van der Waals surface area (Å²) < 4.78 is 13.4. The summed E-state index contributed by atoms with van der Waals surface area (Å²) in [5.41, 5.74) is 0.0305. The molecule has 18 heavy (non-hydrogen) atoms. The van der Waals surface area contributed by atoms with Gasteiger partial charge in [-0.2, -0.15) is 16.2 Å². The van der Waals surface area contributed by atoms with E-state index in [1.807, 2.05) is 0 Å². The monoisotopic (exact) mass is 268 g/mol. The van der Waals surface area contributed by atoms with Crippen LogP contribution in [0.2, 0.25) is 0 Å². The number of carbonyl (C=O) groups excluding carboxylic acids is 1. The van der Waals surface area contributed by atoms with Crippen LogP contribution in [0.5, 0.6) is 0 Å². The molecule has 98 valence electrons. The van der Waals surface area contributed by atoms with Gasteiger partial charge in [-0.15, -0.1) is 0 Å². The third-order valence-corrected chi connectivity index (χ3v) is 4.50. The molecule has 0 aliphatic heterocycles. The molecule has 2 atom stereocenters. The normalized spacial score (nSPS) is 23.7. The van der Waals surface area contributed by atoms with Gasteiger partial charge in [-0.25, -0.2) is 4.98 Å². The first kappa shape index (κ1) is 13.3. The smallest absolute Gasteiger partial charge is 0.256 e. The lowest BCUT2D eigenvalue weighted by molar-refractivity contribution is 0.0924. The number of amides is 1. The molecule has 1 aromatic heterocycles. The first-order chi connectivity index (χ1) is 8.72. The summed E-state index contributed by atoms with van der Waals surface area (Å²) in [7, 11) is 0. The van der Waals surface area contributed by atoms with E-state index < -0.39 is 5.95 Å². The van der Waals surface area contributed by atoms with Crippen molar-refractivity contribution in [1.82, 2.24) is 10.3 Å². The zero-order chi connectivity index (χ0) is 13.0. The maximum absolute atomic E-state index is 13.4. The van der Waals surface area contributed by atoms with E-state index in [1.165, 1.54) is 18.7 Å². The van der Waals surface area contributed by atoms with Crippen LogP contribution in [0.1, 0.15) is 36.0 Å². The summed E-state index contributed by atoms with van der Waals surface area (Å²) in [6, 6.07) is 3.18. The third-order valence-electron chi connectivity index (χ3n) is 3.33. The van der Waals surface area contributed by atoms with Crippen LogP contribution in [0, 0.1) is 5.95 Å².